The molecule has 1 amide bonds. The molecular formula is C19H18N4O. The molecule has 0 heterocycles. The Balaban J connectivity index is 2.19. The van der Waals surface area contributed by atoms with Crippen molar-refractivity contribution in [2.45, 2.75) is 13.3 Å². The predicted octanol–water partition coefficient (Wildman–Crippen LogP) is 3.07. The monoisotopic (exact) mass is 318 g/mol. The van der Waals surface area contributed by atoms with Crippen molar-refractivity contribution in [3.05, 3.63) is 59.2 Å². The molecule has 0 aliphatic rings. The van der Waals surface area contributed by atoms with E-state index < -0.39 is 0 Å². The van der Waals surface area contributed by atoms with Gasteiger partial charge < -0.3 is 10.2 Å². The maximum absolute atomic E-state index is 12.3. The van der Waals surface area contributed by atoms with Gasteiger partial charge in [-0.25, -0.2) is 0 Å². The van der Waals surface area contributed by atoms with E-state index >= 15 is 0 Å². The second kappa shape index (κ2) is 7.80. The van der Waals surface area contributed by atoms with Gasteiger partial charge in [0.05, 0.1) is 23.4 Å². The molecular weight excluding hydrogens is 300 g/mol. The van der Waals surface area contributed by atoms with Gasteiger partial charge in [0.2, 0.25) is 5.91 Å². The fourth-order valence-corrected chi connectivity index (χ4v) is 2.57. The zero-order valence-corrected chi connectivity index (χ0v) is 13.7. The smallest absolute Gasteiger partial charge is 0.243 e. The van der Waals surface area contributed by atoms with E-state index in [-0.39, 0.29) is 12.5 Å². The highest BCUT2D eigenvalue weighted by molar-refractivity contribution is 5.95. The lowest BCUT2D eigenvalue weighted by Crippen LogP contribution is -2.31. The minimum Gasteiger partial charge on any atom is -0.363 e. The van der Waals surface area contributed by atoms with Crippen molar-refractivity contribution in [2.24, 2.45) is 0 Å². The average Bonchev–Trinajstić information content (AvgIpc) is 2.61. The van der Waals surface area contributed by atoms with E-state index in [2.05, 4.69) is 17.5 Å². The number of nitrogens with zero attached hydrogens (tertiary/aromatic N) is 3. The summed E-state index contributed by atoms with van der Waals surface area (Å²) in [6.45, 7) is 2.07. The van der Waals surface area contributed by atoms with Crippen molar-refractivity contribution in [1.29, 1.82) is 10.5 Å². The number of benzene rings is 2. The summed E-state index contributed by atoms with van der Waals surface area (Å²) in [5.74, 6) is -0.199. The Morgan fingerprint density at radius 1 is 1.08 bits per heavy atom. The second-order valence-corrected chi connectivity index (χ2v) is 5.34. The summed E-state index contributed by atoms with van der Waals surface area (Å²) in [5.41, 5.74) is 3.06. The fourth-order valence-electron chi connectivity index (χ4n) is 2.57. The van der Waals surface area contributed by atoms with Crippen LogP contribution in [0.1, 0.15) is 23.6 Å². The van der Waals surface area contributed by atoms with Crippen LogP contribution in [0.2, 0.25) is 0 Å². The van der Waals surface area contributed by atoms with E-state index in [1.165, 1.54) is 0 Å². The average molecular weight is 318 g/mol. The van der Waals surface area contributed by atoms with Gasteiger partial charge in [-0.05, 0) is 30.2 Å². The summed E-state index contributed by atoms with van der Waals surface area (Å²) >= 11 is 0. The van der Waals surface area contributed by atoms with Crippen molar-refractivity contribution in [1.82, 2.24) is 0 Å². The Kier molecular flexibility index (Phi) is 5.54. The van der Waals surface area contributed by atoms with Crippen molar-refractivity contribution in [3.63, 3.8) is 0 Å². The van der Waals surface area contributed by atoms with Crippen LogP contribution in [0.15, 0.2) is 42.5 Å². The number of carbonyl (C=O) groups is 1. The highest BCUT2D eigenvalue weighted by Crippen LogP contribution is 2.24. The van der Waals surface area contributed by atoms with Gasteiger partial charge in [-0.3, -0.25) is 4.79 Å². The van der Waals surface area contributed by atoms with Crippen LogP contribution in [0.5, 0.6) is 0 Å². The van der Waals surface area contributed by atoms with E-state index in [4.69, 9.17) is 0 Å². The Morgan fingerprint density at radius 2 is 1.71 bits per heavy atom. The SMILES string of the molecule is CCc1ccccc1NC(=O)CN(C)c1c(C#N)cccc1C#N. The van der Waals surface area contributed by atoms with Gasteiger partial charge in [0.1, 0.15) is 12.1 Å². The number of hydrogen-bond donors (Lipinski definition) is 1. The first-order valence-corrected chi connectivity index (χ1v) is 7.62. The van der Waals surface area contributed by atoms with Crippen molar-refractivity contribution < 1.29 is 4.79 Å². The topological polar surface area (TPSA) is 79.9 Å². The van der Waals surface area contributed by atoms with E-state index in [9.17, 15) is 15.3 Å². The van der Waals surface area contributed by atoms with E-state index in [0.29, 0.717) is 16.8 Å². The van der Waals surface area contributed by atoms with Crippen molar-refractivity contribution in [2.75, 3.05) is 23.8 Å². The summed E-state index contributed by atoms with van der Waals surface area (Å²) < 4.78 is 0. The Bertz CT molecular complexity index is 798. The zero-order chi connectivity index (χ0) is 17.5. The number of para-hydroxylation sites is 2. The van der Waals surface area contributed by atoms with Crippen LogP contribution in [0.3, 0.4) is 0 Å². The van der Waals surface area contributed by atoms with Gasteiger partial charge in [-0.1, -0.05) is 31.2 Å². The maximum Gasteiger partial charge on any atom is 0.243 e. The summed E-state index contributed by atoms with van der Waals surface area (Å²) in [5, 5.41) is 21.4. The van der Waals surface area contributed by atoms with Crippen LogP contribution >= 0.6 is 0 Å². The number of carbonyl (C=O) groups excluding carboxylic acids is 1. The standard InChI is InChI=1S/C19H18N4O/c1-3-14-7-4-5-10-17(14)22-18(24)13-23(2)19-15(11-20)8-6-9-16(19)12-21/h4-10H,3,13H2,1-2H3,(H,22,24). The molecule has 0 spiro atoms. The van der Waals surface area contributed by atoms with Gasteiger partial charge in [0.15, 0.2) is 0 Å². The molecule has 0 unspecified atom stereocenters. The molecule has 0 radical (unpaired) electrons. The molecule has 0 aromatic heterocycles. The third-order valence-electron chi connectivity index (χ3n) is 3.71. The molecule has 0 atom stereocenters. The Morgan fingerprint density at radius 3 is 2.29 bits per heavy atom. The lowest BCUT2D eigenvalue weighted by molar-refractivity contribution is -0.114. The third-order valence-corrected chi connectivity index (χ3v) is 3.71. The molecule has 0 fully saturated rings. The van der Waals surface area contributed by atoms with Gasteiger partial charge in [0.25, 0.3) is 0 Å². The van der Waals surface area contributed by atoms with Crippen molar-refractivity contribution in [3.8, 4) is 12.1 Å². The molecule has 2 rings (SSSR count). The highest BCUT2D eigenvalue weighted by Gasteiger charge is 2.16. The zero-order valence-electron chi connectivity index (χ0n) is 13.7. The quantitative estimate of drug-likeness (QED) is 0.918. The minimum absolute atomic E-state index is 0.0470. The summed E-state index contributed by atoms with van der Waals surface area (Å²) in [7, 11) is 1.70. The fraction of sp³-hybridized carbons (Fsp3) is 0.211. The van der Waals surface area contributed by atoms with Gasteiger partial charge in [-0.2, -0.15) is 10.5 Å². The van der Waals surface area contributed by atoms with E-state index in [1.54, 1.807) is 30.1 Å². The molecule has 1 N–H and O–H groups in total. The largest absolute Gasteiger partial charge is 0.363 e. The molecule has 120 valence electrons. The van der Waals surface area contributed by atoms with Crippen LogP contribution < -0.4 is 10.2 Å². The molecule has 24 heavy (non-hydrogen) atoms. The molecule has 0 saturated carbocycles. The molecule has 5 nitrogen and oxygen atoms in total. The molecule has 0 bridgehead atoms. The highest BCUT2D eigenvalue weighted by atomic mass is 16.2. The van der Waals surface area contributed by atoms with Crippen LogP contribution in [0.4, 0.5) is 11.4 Å². The predicted molar refractivity (Wildman–Crippen MR) is 93.6 cm³/mol. The molecule has 0 aliphatic carbocycles. The number of likely N-dealkylation sites (N-methyl/N-ethyl adjacent to an activating group) is 1. The van der Waals surface area contributed by atoms with Gasteiger partial charge in [-0.15, -0.1) is 0 Å². The van der Waals surface area contributed by atoms with Gasteiger partial charge in [0, 0.05) is 12.7 Å². The van der Waals surface area contributed by atoms with E-state index in [1.807, 2.05) is 31.2 Å². The summed E-state index contributed by atoms with van der Waals surface area (Å²) in [6.07, 6.45) is 0.822. The Hall–Kier alpha value is -3.31. The lowest BCUT2D eigenvalue weighted by atomic mass is 10.1. The number of nitriles is 2. The number of amides is 1. The third kappa shape index (κ3) is 3.71. The number of rotatable bonds is 5. The number of nitrogens with one attached hydrogen (secondary N) is 1. The molecule has 0 aliphatic heterocycles. The van der Waals surface area contributed by atoms with Crippen LogP contribution in [0, 0.1) is 22.7 Å². The first kappa shape index (κ1) is 17.1. The maximum atomic E-state index is 12.3. The molecule has 5 heteroatoms. The molecule has 2 aromatic rings. The van der Waals surface area contributed by atoms with Crippen LogP contribution in [-0.4, -0.2) is 19.5 Å². The van der Waals surface area contributed by atoms with Crippen molar-refractivity contribution >= 4 is 17.3 Å². The molecule has 2 aromatic carbocycles. The normalized spacial score (nSPS) is 9.67. The molecule has 0 saturated heterocycles. The minimum atomic E-state index is -0.199. The van der Waals surface area contributed by atoms with E-state index in [0.717, 1.165) is 17.7 Å². The second-order valence-electron chi connectivity index (χ2n) is 5.34. The number of anilines is 2. The number of aryl methyl sites for hydroxylation is 1. The summed E-state index contributed by atoms with van der Waals surface area (Å²) in [4.78, 5) is 14.0. The van der Waals surface area contributed by atoms with Gasteiger partial charge >= 0.3 is 0 Å². The first-order chi connectivity index (χ1) is 11.6. The van der Waals surface area contributed by atoms with Crippen LogP contribution in [0.25, 0.3) is 0 Å². The van der Waals surface area contributed by atoms with Crippen LogP contribution in [-0.2, 0) is 11.2 Å². The lowest BCUT2D eigenvalue weighted by Gasteiger charge is -2.21. The summed E-state index contributed by atoms with van der Waals surface area (Å²) in [6, 6.07) is 16.7. The number of hydrogen-bond acceptors (Lipinski definition) is 4. The first-order valence-electron chi connectivity index (χ1n) is 7.62. The Labute approximate surface area is 141 Å².